The summed E-state index contributed by atoms with van der Waals surface area (Å²) in [5.41, 5.74) is 0.302. The van der Waals surface area contributed by atoms with Crippen LogP contribution in [0.25, 0.3) is 0 Å². The summed E-state index contributed by atoms with van der Waals surface area (Å²) in [7, 11) is 0. The Kier molecular flexibility index (Phi) is 3.28. The van der Waals surface area contributed by atoms with Crippen LogP contribution < -0.4 is 0 Å². The quantitative estimate of drug-likeness (QED) is 0.634. The number of carboxylic acid groups (broad SMARTS) is 2. The lowest BCUT2D eigenvalue weighted by Crippen LogP contribution is -2.32. The molecule has 0 spiro atoms. The van der Waals surface area contributed by atoms with Crippen molar-refractivity contribution in [1.82, 2.24) is 19.7 Å². The van der Waals surface area contributed by atoms with E-state index in [-0.39, 0.29) is 0 Å². The number of hydrogen-bond acceptors (Lipinski definition) is 5. The molecule has 0 amide bonds. The second kappa shape index (κ2) is 4.73. The van der Waals surface area contributed by atoms with Gasteiger partial charge in [0.1, 0.15) is 12.7 Å². The summed E-state index contributed by atoms with van der Waals surface area (Å²) in [6.45, 7) is 3.65. The summed E-state index contributed by atoms with van der Waals surface area (Å²) >= 11 is 0. The molecular weight excluding hydrogens is 240 g/mol. The molecule has 3 rings (SSSR count). The van der Waals surface area contributed by atoms with Crippen molar-refractivity contribution in [2.24, 2.45) is 0 Å². The molecule has 3 heterocycles. The predicted molar refractivity (Wildman–Crippen MR) is 58.9 cm³/mol. The number of hydrogen-bond donors (Lipinski definition) is 2. The summed E-state index contributed by atoms with van der Waals surface area (Å²) < 4.78 is 2.06. The van der Waals surface area contributed by atoms with Crippen LogP contribution >= 0.6 is 0 Å². The van der Waals surface area contributed by atoms with Gasteiger partial charge in [0.15, 0.2) is 0 Å². The first kappa shape index (κ1) is 12.5. The zero-order valence-corrected chi connectivity index (χ0v) is 9.69. The van der Waals surface area contributed by atoms with Crippen LogP contribution in [0, 0.1) is 0 Å². The van der Waals surface area contributed by atoms with Crippen LogP contribution in [-0.4, -0.2) is 61.5 Å². The van der Waals surface area contributed by atoms with Crippen molar-refractivity contribution < 1.29 is 19.8 Å². The second-order valence-corrected chi connectivity index (χ2v) is 4.45. The molecular formula is C10H14N4O4. The number of rotatable bonds is 1. The van der Waals surface area contributed by atoms with Crippen LogP contribution in [0.2, 0.25) is 0 Å². The molecule has 0 aliphatic carbocycles. The maximum Gasteiger partial charge on any atom is 0.414 e. The smallest absolute Gasteiger partial charge is 0.414 e. The van der Waals surface area contributed by atoms with Crippen molar-refractivity contribution in [3.63, 3.8) is 0 Å². The first-order chi connectivity index (χ1) is 8.53. The highest BCUT2D eigenvalue weighted by Crippen LogP contribution is 2.37. The Balaban J connectivity index is 0.000000174. The molecule has 2 aliphatic rings. The largest absolute Gasteiger partial charge is 0.473 e. The van der Waals surface area contributed by atoms with E-state index in [2.05, 4.69) is 19.7 Å². The molecule has 18 heavy (non-hydrogen) atoms. The number of piperidine rings is 1. The fourth-order valence-corrected chi connectivity index (χ4v) is 2.46. The van der Waals surface area contributed by atoms with Gasteiger partial charge in [0.2, 0.25) is 0 Å². The lowest BCUT2D eigenvalue weighted by Gasteiger charge is -2.24. The number of aliphatic carboxylic acids is 2. The fourth-order valence-electron chi connectivity index (χ4n) is 2.46. The van der Waals surface area contributed by atoms with Crippen LogP contribution in [0.1, 0.15) is 12.8 Å². The van der Waals surface area contributed by atoms with Gasteiger partial charge in [-0.25, -0.2) is 19.3 Å². The summed E-state index contributed by atoms with van der Waals surface area (Å²) in [4.78, 5) is 24.7. The van der Waals surface area contributed by atoms with E-state index in [1.807, 2.05) is 6.33 Å². The molecule has 2 fully saturated rings. The highest BCUT2D eigenvalue weighted by atomic mass is 16.4. The van der Waals surface area contributed by atoms with Gasteiger partial charge >= 0.3 is 11.9 Å². The van der Waals surface area contributed by atoms with Crippen LogP contribution in [0.5, 0.6) is 0 Å². The third-order valence-electron chi connectivity index (χ3n) is 3.39. The molecule has 1 aromatic rings. The van der Waals surface area contributed by atoms with E-state index in [0.29, 0.717) is 5.54 Å². The summed E-state index contributed by atoms with van der Waals surface area (Å²) in [6.07, 6.45) is 5.98. The monoisotopic (exact) mass is 254 g/mol. The Bertz CT molecular complexity index is 425. The standard InChI is InChI=1S/C8H12N4.C2H2O4/c1-3-11-4-2-8(1,5-11)12-7-9-6-10-12;3-1(4)2(5)6/h6-7H,1-5H2;(H,3,4)(H,5,6). The molecule has 2 N–H and O–H groups in total. The van der Waals surface area contributed by atoms with Crippen LogP contribution in [0.3, 0.4) is 0 Å². The van der Waals surface area contributed by atoms with Gasteiger partial charge in [0.05, 0.1) is 5.54 Å². The van der Waals surface area contributed by atoms with Gasteiger partial charge in [-0.05, 0) is 12.8 Å². The summed E-state index contributed by atoms with van der Waals surface area (Å²) in [5.74, 6) is -3.65. The minimum absolute atomic E-state index is 0.302. The van der Waals surface area contributed by atoms with Gasteiger partial charge < -0.3 is 15.1 Å². The highest BCUT2D eigenvalue weighted by molar-refractivity contribution is 6.27. The molecule has 0 radical (unpaired) electrons. The first-order valence-electron chi connectivity index (χ1n) is 5.57. The van der Waals surface area contributed by atoms with E-state index >= 15 is 0 Å². The van der Waals surface area contributed by atoms with Gasteiger partial charge in [-0.2, -0.15) is 5.10 Å². The molecule has 8 nitrogen and oxygen atoms in total. The van der Waals surface area contributed by atoms with Gasteiger partial charge in [0.25, 0.3) is 0 Å². The van der Waals surface area contributed by atoms with Crippen LogP contribution in [0.4, 0.5) is 0 Å². The molecule has 2 aliphatic heterocycles. The Morgan fingerprint density at radius 2 is 1.78 bits per heavy atom. The van der Waals surface area contributed by atoms with Crippen LogP contribution in [-0.2, 0) is 15.1 Å². The number of carbonyl (C=O) groups is 2. The molecule has 98 valence electrons. The lowest BCUT2D eigenvalue weighted by molar-refractivity contribution is -0.159. The zero-order chi connectivity index (χ0) is 13.2. The topological polar surface area (TPSA) is 109 Å². The molecule has 0 aromatic carbocycles. The maximum absolute atomic E-state index is 9.10. The second-order valence-electron chi connectivity index (χ2n) is 4.45. The van der Waals surface area contributed by atoms with Crippen molar-refractivity contribution in [2.75, 3.05) is 19.6 Å². The number of aromatic nitrogens is 3. The molecule has 0 unspecified atom stereocenters. The number of fused-ring (bicyclic) bond motifs is 2. The van der Waals surface area contributed by atoms with E-state index < -0.39 is 11.9 Å². The zero-order valence-electron chi connectivity index (χ0n) is 9.69. The summed E-state index contributed by atoms with van der Waals surface area (Å²) in [6, 6.07) is 0. The highest BCUT2D eigenvalue weighted by Gasteiger charge is 2.45. The number of carboxylic acids is 2. The van der Waals surface area contributed by atoms with Crippen molar-refractivity contribution in [3.05, 3.63) is 12.7 Å². The van der Waals surface area contributed by atoms with E-state index in [0.717, 1.165) is 0 Å². The van der Waals surface area contributed by atoms with Gasteiger partial charge in [-0.1, -0.05) is 0 Å². The van der Waals surface area contributed by atoms with Crippen molar-refractivity contribution in [3.8, 4) is 0 Å². The van der Waals surface area contributed by atoms with E-state index in [1.165, 1.54) is 32.5 Å². The van der Waals surface area contributed by atoms with E-state index in [9.17, 15) is 0 Å². The average molecular weight is 254 g/mol. The third-order valence-corrected chi connectivity index (χ3v) is 3.39. The van der Waals surface area contributed by atoms with Gasteiger partial charge in [-0.15, -0.1) is 0 Å². The molecule has 2 saturated heterocycles. The third kappa shape index (κ3) is 2.33. The van der Waals surface area contributed by atoms with Gasteiger partial charge in [0, 0.05) is 19.6 Å². The molecule has 0 atom stereocenters. The van der Waals surface area contributed by atoms with Crippen molar-refractivity contribution >= 4 is 11.9 Å². The molecule has 2 bridgehead atoms. The fraction of sp³-hybridized carbons (Fsp3) is 0.600. The lowest BCUT2D eigenvalue weighted by atomic mass is 9.96. The van der Waals surface area contributed by atoms with E-state index in [4.69, 9.17) is 19.8 Å². The number of nitrogens with zero attached hydrogens (tertiary/aromatic N) is 4. The Morgan fingerprint density at radius 3 is 2.11 bits per heavy atom. The summed E-state index contributed by atoms with van der Waals surface area (Å²) in [5, 5.41) is 19.0. The predicted octanol–water partition coefficient (Wildman–Crippen LogP) is -0.762. The van der Waals surface area contributed by atoms with Crippen LogP contribution in [0.15, 0.2) is 12.7 Å². The molecule has 8 heteroatoms. The van der Waals surface area contributed by atoms with Crippen molar-refractivity contribution in [1.29, 1.82) is 0 Å². The van der Waals surface area contributed by atoms with Crippen molar-refractivity contribution in [2.45, 2.75) is 18.4 Å². The Morgan fingerprint density at radius 1 is 1.17 bits per heavy atom. The maximum atomic E-state index is 9.10. The average Bonchev–Trinajstić information content (AvgIpc) is 3.07. The normalized spacial score (nSPS) is 28.6. The van der Waals surface area contributed by atoms with Gasteiger partial charge in [-0.3, -0.25) is 0 Å². The van der Waals surface area contributed by atoms with E-state index in [1.54, 1.807) is 6.33 Å². The Labute approximate surface area is 103 Å². The molecule has 0 saturated carbocycles. The SMILES string of the molecule is O=C(O)C(=O)O.c1ncn(C23CCN(CC2)C3)n1. The molecule has 1 aromatic heterocycles. The Hall–Kier alpha value is -1.96. The minimum Gasteiger partial charge on any atom is -0.473 e. The minimum atomic E-state index is -1.82. The first-order valence-corrected chi connectivity index (χ1v) is 5.57.